The Hall–Kier alpha value is -2.08. The van der Waals surface area contributed by atoms with Gasteiger partial charge in [-0.2, -0.15) is 0 Å². The molecule has 1 aromatic rings. The van der Waals surface area contributed by atoms with Crippen molar-refractivity contribution >= 4 is 34.8 Å². The molecule has 0 spiro atoms. The maximum Gasteiger partial charge on any atom is 0.249 e. The van der Waals surface area contributed by atoms with Crippen LogP contribution in [0.2, 0.25) is 0 Å². The molecular formula is C27H33N3O2S. The lowest BCUT2D eigenvalue weighted by molar-refractivity contribution is -0.129. The SMILES string of the molecule is CC1(CC2CCN(C(=O)C3=Cc4ccccc4CC3)CC2)SC(=N[C@H]2CC3CC2C3)NC1=O. The third-order valence-corrected chi connectivity index (χ3v) is 9.80. The van der Waals surface area contributed by atoms with Gasteiger partial charge in [0.2, 0.25) is 11.8 Å². The summed E-state index contributed by atoms with van der Waals surface area (Å²) in [4.78, 5) is 32.9. The van der Waals surface area contributed by atoms with Crippen molar-refractivity contribution in [1.82, 2.24) is 10.2 Å². The molecule has 174 valence electrons. The van der Waals surface area contributed by atoms with Crippen molar-refractivity contribution in [3.05, 3.63) is 41.0 Å². The number of nitrogens with zero attached hydrogens (tertiary/aromatic N) is 2. The van der Waals surface area contributed by atoms with Crippen LogP contribution in [-0.2, 0) is 16.0 Å². The van der Waals surface area contributed by atoms with Crippen molar-refractivity contribution in [2.75, 3.05) is 13.1 Å². The van der Waals surface area contributed by atoms with E-state index in [0.717, 1.165) is 67.8 Å². The predicted molar refractivity (Wildman–Crippen MR) is 133 cm³/mol. The lowest BCUT2D eigenvalue weighted by atomic mass is 9.84. The fourth-order valence-electron chi connectivity index (χ4n) is 6.54. The van der Waals surface area contributed by atoms with E-state index < -0.39 is 4.75 Å². The summed E-state index contributed by atoms with van der Waals surface area (Å²) in [6, 6.07) is 8.79. The molecule has 6 aliphatic rings. The smallest absolute Gasteiger partial charge is 0.249 e. The van der Waals surface area contributed by atoms with Crippen LogP contribution >= 0.6 is 11.8 Å². The molecule has 4 aliphatic carbocycles. The van der Waals surface area contributed by atoms with Gasteiger partial charge in [0.1, 0.15) is 0 Å². The zero-order chi connectivity index (χ0) is 22.6. The first kappa shape index (κ1) is 21.5. The summed E-state index contributed by atoms with van der Waals surface area (Å²) in [7, 11) is 0. The number of carbonyl (C=O) groups is 2. The minimum Gasteiger partial charge on any atom is -0.339 e. The molecule has 2 bridgehead atoms. The van der Waals surface area contributed by atoms with Gasteiger partial charge in [-0.15, -0.1) is 0 Å². The Balaban J connectivity index is 1.04. The Labute approximate surface area is 200 Å². The van der Waals surface area contributed by atoms with Crippen molar-refractivity contribution in [1.29, 1.82) is 0 Å². The van der Waals surface area contributed by atoms with Gasteiger partial charge >= 0.3 is 0 Å². The van der Waals surface area contributed by atoms with Crippen LogP contribution in [0.15, 0.2) is 34.8 Å². The van der Waals surface area contributed by atoms with Crippen LogP contribution in [0.3, 0.4) is 0 Å². The van der Waals surface area contributed by atoms with E-state index in [1.54, 1.807) is 11.8 Å². The number of piperidine rings is 1. The molecule has 0 radical (unpaired) electrons. The number of aryl methyl sites for hydroxylation is 1. The largest absolute Gasteiger partial charge is 0.339 e. The van der Waals surface area contributed by atoms with Crippen LogP contribution < -0.4 is 5.32 Å². The number of amides is 2. The van der Waals surface area contributed by atoms with Crippen molar-refractivity contribution in [3.8, 4) is 0 Å². The molecule has 0 aromatic heterocycles. The number of rotatable bonds is 4. The van der Waals surface area contributed by atoms with Crippen molar-refractivity contribution in [2.24, 2.45) is 22.7 Å². The van der Waals surface area contributed by atoms with Gasteiger partial charge in [-0.1, -0.05) is 36.0 Å². The van der Waals surface area contributed by atoms with Crippen LogP contribution in [-0.4, -0.2) is 45.8 Å². The molecule has 7 rings (SSSR count). The van der Waals surface area contributed by atoms with E-state index in [4.69, 9.17) is 4.99 Å². The summed E-state index contributed by atoms with van der Waals surface area (Å²) in [6.45, 7) is 3.65. The lowest BCUT2D eigenvalue weighted by Crippen LogP contribution is -2.42. The maximum absolute atomic E-state index is 13.1. The van der Waals surface area contributed by atoms with Gasteiger partial charge in [0.25, 0.3) is 0 Å². The van der Waals surface area contributed by atoms with Crippen LogP contribution in [0, 0.1) is 17.8 Å². The molecule has 33 heavy (non-hydrogen) atoms. The molecule has 2 amide bonds. The van der Waals surface area contributed by atoms with Crippen LogP contribution in [0.4, 0.5) is 0 Å². The Bertz CT molecular complexity index is 1040. The van der Waals surface area contributed by atoms with E-state index >= 15 is 0 Å². The molecule has 3 saturated carbocycles. The fraction of sp³-hybridized carbons (Fsp3) is 0.593. The Morgan fingerprint density at radius 2 is 1.97 bits per heavy atom. The summed E-state index contributed by atoms with van der Waals surface area (Å²) in [5.41, 5.74) is 3.46. The summed E-state index contributed by atoms with van der Waals surface area (Å²) in [5.74, 6) is 2.41. The third-order valence-electron chi connectivity index (χ3n) is 8.60. The summed E-state index contributed by atoms with van der Waals surface area (Å²) in [5, 5.41) is 3.92. The van der Waals surface area contributed by atoms with Gasteiger partial charge < -0.3 is 10.2 Å². The second kappa shape index (κ2) is 8.30. The molecular weight excluding hydrogens is 430 g/mol. The minimum atomic E-state index is -0.438. The number of nitrogens with one attached hydrogen (secondary N) is 1. The number of aliphatic imine (C=N–C) groups is 1. The first-order valence-corrected chi connectivity index (χ1v) is 13.4. The average molecular weight is 464 g/mol. The number of hydrogen-bond acceptors (Lipinski definition) is 4. The van der Waals surface area contributed by atoms with Gasteiger partial charge in [-0.05, 0) is 93.2 Å². The highest BCUT2D eigenvalue weighted by molar-refractivity contribution is 8.16. The summed E-state index contributed by atoms with van der Waals surface area (Å²) >= 11 is 1.65. The molecule has 2 aliphatic heterocycles. The number of thioether (sulfide) groups is 1. The molecule has 2 saturated heterocycles. The zero-order valence-corrected chi connectivity index (χ0v) is 20.2. The zero-order valence-electron chi connectivity index (χ0n) is 19.4. The van der Waals surface area contributed by atoms with Gasteiger partial charge in [-0.3, -0.25) is 14.6 Å². The van der Waals surface area contributed by atoms with Crippen molar-refractivity contribution in [2.45, 2.75) is 69.1 Å². The number of fused-ring (bicyclic) bond motifs is 2. The van der Waals surface area contributed by atoms with Crippen molar-refractivity contribution < 1.29 is 9.59 Å². The van der Waals surface area contributed by atoms with Crippen LogP contribution in [0.25, 0.3) is 6.08 Å². The molecule has 1 N–H and O–H groups in total. The van der Waals surface area contributed by atoms with Gasteiger partial charge in [0.05, 0.1) is 10.8 Å². The van der Waals surface area contributed by atoms with E-state index in [2.05, 4.69) is 36.5 Å². The second-order valence-corrected chi connectivity index (χ2v) is 12.4. The maximum atomic E-state index is 13.1. The highest BCUT2D eigenvalue weighted by atomic mass is 32.2. The number of likely N-dealkylation sites (tertiary alicyclic amines) is 1. The van der Waals surface area contributed by atoms with Crippen molar-refractivity contribution in [3.63, 3.8) is 0 Å². The molecule has 6 heteroatoms. The molecule has 2 atom stereocenters. The highest BCUT2D eigenvalue weighted by Crippen LogP contribution is 2.50. The van der Waals surface area contributed by atoms with Gasteiger partial charge in [0.15, 0.2) is 5.17 Å². The standard InChI is InChI=1S/C27H33N3O2S/c1-27(25(32)29-26(33-27)28-23-14-18-12-22(23)13-18)16-17-8-10-30(11-9-17)24(31)21-7-6-19-4-2-3-5-20(19)15-21/h2-5,15,17-18,22-23H,6-14,16H2,1H3,(H,28,29,32)/t18?,22?,23-,27?/m0/s1. The average Bonchev–Trinajstić information content (AvgIpc) is 3.45. The van der Waals surface area contributed by atoms with E-state index in [1.165, 1.54) is 30.4 Å². The first-order valence-electron chi connectivity index (χ1n) is 12.6. The quantitative estimate of drug-likeness (QED) is 0.719. The van der Waals surface area contributed by atoms with Gasteiger partial charge in [0, 0.05) is 18.7 Å². The van der Waals surface area contributed by atoms with E-state index in [1.807, 2.05) is 11.0 Å². The number of carbonyl (C=O) groups excluding carboxylic acids is 2. The molecule has 1 unspecified atom stereocenters. The molecule has 2 heterocycles. The Morgan fingerprint density at radius 3 is 2.73 bits per heavy atom. The predicted octanol–water partition coefficient (Wildman–Crippen LogP) is 4.42. The van der Waals surface area contributed by atoms with Gasteiger partial charge in [-0.25, -0.2) is 0 Å². The number of amidine groups is 1. The monoisotopic (exact) mass is 463 g/mol. The molecule has 5 nitrogen and oxygen atoms in total. The first-order chi connectivity index (χ1) is 16.0. The molecule has 5 fully saturated rings. The topological polar surface area (TPSA) is 61.8 Å². The second-order valence-electron chi connectivity index (χ2n) is 10.9. The Morgan fingerprint density at radius 1 is 1.18 bits per heavy atom. The van der Waals surface area contributed by atoms with Crippen LogP contribution in [0.1, 0.15) is 63.0 Å². The van der Waals surface area contributed by atoms with E-state index in [0.29, 0.717) is 12.0 Å². The normalized spacial score (nSPS) is 34.6. The lowest BCUT2D eigenvalue weighted by Gasteiger charge is -2.35. The fourth-order valence-corrected chi connectivity index (χ4v) is 7.76. The Kier molecular flexibility index (Phi) is 5.39. The highest BCUT2D eigenvalue weighted by Gasteiger charge is 2.47. The van der Waals surface area contributed by atoms with E-state index in [9.17, 15) is 9.59 Å². The minimum absolute atomic E-state index is 0.112. The third kappa shape index (κ3) is 4.05. The van der Waals surface area contributed by atoms with Crippen LogP contribution in [0.5, 0.6) is 0 Å². The molecule has 1 aromatic carbocycles. The summed E-state index contributed by atoms with van der Waals surface area (Å²) in [6.07, 6.45) is 10.5. The van der Waals surface area contributed by atoms with E-state index in [-0.39, 0.29) is 11.8 Å². The summed E-state index contributed by atoms with van der Waals surface area (Å²) < 4.78 is -0.438. The number of benzene rings is 1. The number of hydrogen-bond donors (Lipinski definition) is 1.